The quantitative estimate of drug-likeness (QED) is 0.390. The van der Waals surface area contributed by atoms with Crippen LogP contribution >= 0.6 is 34.8 Å². The number of aliphatic imine (C=N–C) groups is 1. The molecule has 0 bridgehead atoms. The van der Waals surface area contributed by atoms with Gasteiger partial charge in [-0.1, -0.05) is 40.9 Å². The second-order valence-electron chi connectivity index (χ2n) is 3.26. The molecule has 1 aromatic rings. The van der Waals surface area contributed by atoms with Gasteiger partial charge in [-0.2, -0.15) is 0 Å². The van der Waals surface area contributed by atoms with Gasteiger partial charge in [-0.3, -0.25) is 0 Å². The fourth-order valence-corrected chi connectivity index (χ4v) is 1.30. The Morgan fingerprint density at radius 1 is 1.47 bits per heavy atom. The lowest BCUT2D eigenvalue weighted by Gasteiger charge is -2.11. The third kappa shape index (κ3) is 4.19. The highest BCUT2D eigenvalue weighted by Crippen LogP contribution is 2.29. The first-order valence-corrected chi connectivity index (χ1v) is 5.78. The molecular weight excluding hydrogens is 285 g/mol. The molecule has 0 aromatic heterocycles. The molecule has 6 heteroatoms. The topological polar surface area (TPSA) is 38.4 Å². The standard InChI is InChI=1S/C11H10Cl3FN2/c1-2-3-7-6-8(15)4-5-9(7)17-10(16)11(12,13)14/h2,4-6H,1,3H2,(H2,16,17). The zero-order valence-corrected chi connectivity index (χ0v) is 11.0. The lowest BCUT2D eigenvalue weighted by atomic mass is 10.1. The van der Waals surface area contributed by atoms with Crippen molar-refractivity contribution in [1.82, 2.24) is 0 Å². The lowest BCUT2D eigenvalue weighted by Crippen LogP contribution is -2.27. The molecule has 0 aliphatic heterocycles. The summed E-state index contributed by atoms with van der Waals surface area (Å²) in [5.74, 6) is -0.535. The number of benzene rings is 1. The van der Waals surface area contributed by atoms with E-state index in [0.29, 0.717) is 17.7 Å². The Morgan fingerprint density at radius 2 is 2.12 bits per heavy atom. The van der Waals surface area contributed by atoms with E-state index in [9.17, 15) is 4.39 Å². The summed E-state index contributed by atoms with van der Waals surface area (Å²) in [7, 11) is 0. The van der Waals surface area contributed by atoms with Crippen molar-refractivity contribution in [2.24, 2.45) is 10.7 Å². The molecule has 0 unspecified atom stereocenters. The van der Waals surface area contributed by atoms with E-state index in [1.165, 1.54) is 18.2 Å². The van der Waals surface area contributed by atoms with Crippen molar-refractivity contribution in [3.8, 4) is 0 Å². The number of alkyl halides is 3. The first kappa shape index (κ1) is 14.3. The van der Waals surface area contributed by atoms with Crippen molar-refractivity contribution in [1.29, 1.82) is 0 Å². The molecule has 0 atom stereocenters. The van der Waals surface area contributed by atoms with Crippen LogP contribution in [0.25, 0.3) is 0 Å². The second-order valence-corrected chi connectivity index (χ2v) is 5.54. The molecule has 0 saturated heterocycles. The van der Waals surface area contributed by atoms with Gasteiger partial charge < -0.3 is 5.73 Å². The predicted octanol–water partition coefficient (Wildman–Crippen LogP) is 3.91. The van der Waals surface area contributed by atoms with Gasteiger partial charge >= 0.3 is 0 Å². The van der Waals surface area contributed by atoms with Gasteiger partial charge in [-0.05, 0) is 30.2 Å². The van der Waals surface area contributed by atoms with Crippen LogP contribution < -0.4 is 5.73 Å². The van der Waals surface area contributed by atoms with Crippen LogP contribution in [0.3, 0.4) is 0 Å². The minimum Gasteiger partial charge on any atom is -0.384 e. The highest BCUT2D eigenvalue weighted by atomic mass is 35.6. The van der Waals surface area contributed by atoms with E-state index < -0.39 is 3.79 Å². The lowest BCUT2D eigenvalue weighted by molar-refractivity contribution is 0.626. The number of allylic oxidation sites excluding steroid dienone is 1. The van der Waals surface area contributed by atoms with Crippen LogP contribution in [0.4, 0.5) is 10.1 Å². The van der Waals surface area contributed by atoms with Gasteiger partial charge in [-0.25, -0.2) is 9.38 Å². The minimum absolute atomic E-state index is 0.167. The summed E-state index contributed by atoms with van der Waals surface area (Å²) in [6.45, 7) is 3.57. The molecule has 0 aliphatic rings. The molecule has 17 heavy (non-hydrogen) atoms. The molecule has 0 spiro atoms. The molecule has 1 rings (SSSR count). The molecule has 0 fully saturated rings. The molecule has 0 amide bonds. The maximum absolute atomic E-state index is 13.0. The molecule has 0 saturated carbocycles. The molecular formula is C11H10Cl3FN2. The first-order chi connectivity index (χ1) is 7.84. The summed E-state index contributed by atoms with van der Waals surface area (Å²) in [4.78, 5) is 3.97. The minimum atomic E-state index is -1.78. The predicted molar refractivity (Wildman–Crippen MR) is 71.9 cm³/mol. The summed E-state index contributed by atoms with van der Waals surface area (Å²) < 4.78 is 11.3. The van der Waals surface area contributed by atoms with Gasteiger partial charge in [0.05, 0.1) is 5.69 Å². The molecule has 1 aromatic carbocycles. The van der Waals surface area contributed by atoms with E-state index in [-0.39, 0.29) is 11.7 Å². The highest BCUT2D eigenvalue weighted by Gasteiger charge is 2.25. The summed E-state index contributed by atoms with van der Waals surface area (Å²) in [6.07, 6.45) is 2.07. The number of nitrogens with two attached hydrogens (primary N) is 1. The summed E-state index contributed by atoms with van der Waals surface area (Å²) in [5, 5.41) is 0. The molecule has 0 aliphatic carbocycles. The Hall–Kier alpha value is -0.770. The maximum atomic E-state index is 13.0. The van der Waals surface area contributed by atoms with Gasteiger partial charge in [-0.15, -0.1) is 6.58 Å². The fourth-order valence-electron chi connectivity index (χ4n) is 1.18. The van der Waals surface area contributed by atoms with E-state index in [1.807, 2.05) is 0 Å². The molecule has 0 radical (unpaired) electrons. The van der Waals surface area contributed by atoms with Crippen molar-refractivity contribution in [3.05, 3.63) is 42.2 Å². The van der Waals surface area contributed by atoms with Crippen LogP contribution in [0.5, 0.6) is 0 Å². The maximum Gasteiger partial charge on any atom is 0.247 e. The van der Waals surface area contributed by atoms with Gasteiger partial charge in [0.2, 0.25) is 3.79 Å². The van der Waals surface area contributed by atoms with Gasteiger partial charge in [0.25, 0.3) is 0 Å². The van der Waals surface area contributed by atoms with E-state index in [0.717, 1.165) is 0 Å². The van der Waals surface area contributed by atoms with Crippen molar-refractivity contribution in [2.75, 3.05) is 0 Å². The summed E-state index contributed by atoms with van der Waals surface area (Å²) in [6, 6.07) is 4.07. The first-order valence-electron chi connectivity index (χ1n) is 4.65. The fraction of sp³-hybridized carbons (Fsp3) is 0.182. The third-order valence-corrected chi connectivity index (χ3v) is 2.52. The van der Waals surface area contributed by atoms with Crippen LogP contribution in [0.1, 0.15) is 5.56 Å². The number of hydrogen-bond donors (Lipinski definition) is 1. The number of rotatable bonds is 3. The normalized spacial score (nSPS) is 12.6. The molecule has 92 valence electrons. The Balaban J connectivity index is 3.18. The highest BCUT2D eigenvalue weighted by molar-refractivity contribution is 6.76. The van der Waals surface area contributed by atoms with E-state index in [1.54, 1.807) is 6.08 Å². The van der Waals surface area contributed by atoms with E-state index >= 15 is 0 Å². The van der Waals surface area contributed by atoms with Crippen LogP contribution in [0, 0.1) is 5.82 Å². The average molecular weight is 296 g/mol. The van der Waals surface area contributed by atoms with Crippen LogP contribution in [0.2, 0.25) is 0 Å². The average Bonchev–Trinajstić information content (AvgIpc) is 2.21. The van der Waals surface area contributed by atoms with E-state index in [4.69, 9.17) is 40.5 Å². The number of nitrogens with zero attached hydrogens (tertiary/aromatic N) is 1. The van der Waals surface area contributed by atoms with Gasteiger partial charge in [0.1, 0.15) is 5.82 Å². The van der Waals surface area contributed by atoms with Crippen molar-refractivity contribution >= 4 is 46.3 Å². The summed E-state index contributed by atoms with van der Waals surface area (Å²) >= 11 is 16.7. The number of hydrogen-bond acceptors (Lipinski definition) is 1. The Morgan fingerprint density at radius 3 is 2.65 bits per heavy atom. The van der Waals surface area contributed by atoms with Crippen LogP contribution in [-0.4, -0.2) is 9.63 Å². The zero-order chi connectivity index (χ0) is 13.1. The summed E-state index contributed by atoms with van der Waals surface area (Å²) in [5.41, 5.74) is 6.60. The number of halogens is 4. The Bertz CT molecular complexity index is 453. The van der Waals surface area contributed by atoms with Gasteiger partial charge in [0, 0.05) is 0 Å². The SMILES string of the molecule is C=CCc1cc(F)ccc1N=C(N)C(Cl)(Cl)Cl. The van der Waals surface area contributed by atoms with Crippen LogP contribution in [0.15, 0.2) is 35.8 Å². The number of amidine groups is 1. The monoisotopic (exact) mass is 294 g/mol. The molecule has 2 N–H and O–H groups in total. The Kier molecular flexibility index (Phi) is 4.80. The van der Waals surface area contributed by atoms with Crippen molar-refractivity contribution < 1.29 is 4.39 Å². The van der Waals surface area contributed by atoms with E-state index in [2.05, 4.69) is 11.6 Å². The smallest absolute Gasteiger partial charge is 0.247 e. The molecule has 2 nitrogen and oxygen atoms in total. The van der Waals surface area contributed by atoms with Crippen molar-refractivity contribution in [2.45, 2.75) is 10.2 Å². The zero-order valence-electron chi connectivity index (χ0n) is 8.76. The second kappa shape index (κ2) is 5.71. The van der Waals surface area contributed by atoms with Crippen LogP contribution in [-0.2, 0) is 6.42 Å². The largest absolute Gasteiger partial charge is 0.384 e. The van der Waals surface area contributed by atoms with Crippen molar-refractivity contribution in [3.63, 3.8) is 0 Å². The van der Waals surface area contributed by atoms with Gasteiger partial charge in [0.15, 0.2) is 5.84 Å². The third-order valence-electron chi connectivity index (χ3n) is 1.94. The Labute approximate surface area is 114 Å². The molecule has 0 heterocycles.